The quantitative estimate of drug-likeness (QED) is 0.718. The summed E-state index contributed by atoms with van der Waals surface area (Å²) in [5, 5.41) is 14.0. The molecular formula is C17H16F4N2O2. The number of hydrogen-bond donors (Lipinski definition) is 3. The van der Waals surface area contributed by atoms with Crippen LogP contribution in [0.2, 0.25) is 0 Å². The number of carbonyl (C=O) groups is 1. The van der Waals surface area contributed by atoms with Gasteiger partial charge >= 0.3 is 12.2 Å². The average Bonchev–Trinajstić information content (AvgIpc) is 2.56. The number of hydrogen-bond acceptors (Lipinski definition) is 2. The van der Waals surface area contributed by atoms with Crippen LogP contribution in [0.3, 0.4) is 0 Å². The third kappa shape index (κ3) is 5.46. The lowest BCUT2D eigenvalue weighted by atomic mass is 10.1. The van der Waals surface area contributed by atoms with Gasteiger partial charge in [0.2, 0.25) is 0 Å². The van der Waals surface area contributed by atoms with Crippen molar-refractivity contribution in [3.63, 3.8) is 0 Å². The summed E-state index contributed by atoms with van der Waals surface area (Å²) in [5.74, 6) is -1.42. The first-order valence-corrected chi connectivity index (χ1v) is 7.38. The number of halogens is 4. The van der Waals surface area contributed by atoms with Gasteiger partial charge in [-0.1, -0.05) is 30.3 Å². The van der Waals surface area contributed by atoms with Crippen LogP contribution in [0.15, 0.2) is 48.5 Å². The van der Waals surface area contributed by atoms with Gasteiger partial charge in [0.15, 0.2) is 0 Å². The van der Waals surface area contributed by atoms with Crippen molar-refractivity contribution in [1.82, 2.24) is 5.32 Å². The summed E-state index contributed by atoms with van der Waals surface area (Å²) in [6.07, 6.45) is -4.51. The first kappa shape index (κ1) is 18.7. The topological polar surface area (TPSA) is 61.4 Å². The van der Waals surface area contributed by atoms with E-state index >= 15 is 0 Å². The van der Waals surface area contributed by atoms with Crippen molar-refractivity contribution in [2.75, 3.05) is 11.9 Å². The minimum absolute atomic E-state index is 0.206. The van der Waals surface area contributed by atoms with E-state index in [1.54, 1.807) is 12.1 Å². The Morgan fingerprint density at radius 3 is 2.40 bits per heavy atom. The second-order valence-corrected chi connectivity index (χ2v) is 5.36. The number of urea groups is 1. The van der Waals surface area contributed by atoms with Crippen molar-refractivity contribution in [1.29, 1.82) is 0 Å². The normalized spacial score (nSPS) is 12.5. The minimum Gasteiger partial charge on any atom is -0.394 e. The van der Waals surface area contributed by atoms with Crippen molar-refractivity contribution < 1.29 is 27.5 Å². The average molecular weight is 356 g/mol. The van der Waals surface area contributed by atoms with Gasteiger partial charge < -0.3 is 15.7 Å². The fourth-order valence-corrected chi connectivity index (χ4v) is 2.23. The first-order valence-electron chi connectivity index (χ1n) is 7.38. The maximum Gasteiger partial charge on any atom is 0.419 e. The van der Waals surface area contributed by atoms with Crippen LogP contribution < -0.4 is 10.6 Å². The lowest BCUT2D eigenvalue weighted by molar-refractivity contribution is -0.139. The summed E-state index contributed by atoms with van der Waals surface area (Å²) in [7, 11) is 0. The number of aliphatic hydroxyl groups excluding tert-OH is 1. The van der Waals surface area contributed by atoms with Crippen molar-refractivity contribution in [2.45, 2.75) is 18.6 Å². The van der Waals surface area contributed by atoms with Crippen molar-refractivity contribution in [3.05, 3.63) is 65.5 Å². The van der Waals surface area contributed by atoms with Crippen molar-refractivity contribution in [2.24, 2.45) is 0 Å². The Morgan fingerprint density at radius 2 is 1.80 bits per heavy atom. The van der Waals surface area contributed by atoms with E-state index in [0.29, 0.717) is 18.6 Å². The lowest BCUT2D eigenvalue weighted by Gasteiger charge is -2.17. The molecule has 1 atom stereocenters. The van der Waals surface area contributed by atoms with Crippen molar-refractivity contribution in [3.8, 4) is 0 Å². The first-order chi connectivity index (χ1) is 11.8. The summed E-state index contributed by atoms with van der Waals surface area (Å²) in [6, 6.07) is 9.82. The summed E-state index contributed by atoms with van der Waals surface area (Å²) in [4.78, 5) is 11.9. The standard InChI is InChI=1S/C17H16F4N2O2/c18-15-7-6-12(9-14(15)17(19,20)21)22-16(25)23-13(10-24)8-11-4-2-1-3-5-11/h1-7,9,13,24H,8,10H2,(H2,22,23,25). The van der Waals surface area contributed by atoms with Crippen LogP contribution >= 0.6 is 0 Å². The molecule has 0 radical (unpaired) electrons. The van der Waals surface area contributed by atoms with Crippen LogP contribution in [-0.2, 0) is 12.6 Å². The van der Waals surface area contributed by atoms with E-state index in [2.05, 4.69) is 10.6 Å². The molecule has 3 N–H and O–H groups in total. The number of nitrogens with one attached hydrogen (secondary N) is 2. The smallest absolute Gasteiger partial charge is 0.394 e. The number of amides is 2. The molecule has 2 aromatic rings. The number of carbonyl (C=O) groups excluding carboxylic acids is 1. The summed E-state index contributed by atoms with van der Waals surface area (Å²) in [6.45, 7) is -0.348. The molecule has 2 rings (SSSR count). The maximum absolute atomic E-state index is 13.2. The highest BCUT2D eigenvalue weighted by Crippen LogP contribution is 2.32. The number of alkyl halides is 3. The number of rotatable bonds is 5. The van der Waals surface area contributed by atoms with Crippen LogP contribution in [0.4, 0.5) is 28.0 Å². The Balaban J connectivity index is 2.01. The van der Waals surface area contributed by atoms with E-state index in [9.17, 15) is 27.5 Å². The molecule has 0 aliphatic carbocycles. The fraction of sp³-hybridized carbons (Fsp3) is 0.235. The van der Waals surface area contributed by atoms with E-state index in [-0.39, 0.29) is 12.3 Å². The Hall–Kier alpha value is -2.61. The Labute approximate surface area is 141 Å². The third-order valence-electron chi connectivity index (χ3n) is 3.41. The van der Waals surface area contributed by atoms with E-state index < -0.39 is 29.6 Å². The molecule has 0 aliphatic heterocycles. The number of benzene rings is 2. The monoisotopic (exact) mass is 356 g/mol. The van der Waals surface area contributed by atoms with Gasteiger partial charge in [-0.15, -0.1) is 0 Å². The van der Waals surface area contributed by atoms with Crippen LogP contribution in [0.5, 0.6) is 0 Å². The van der Waals surface area contributed by atoms with Crippen LogP contribution in [0.1, 0.15) is 11.1 Å². The van der Waals surface area contributed by atoms with Crippen LogP contribution in [0, 0.1) is 5.82 Å². The second kappa shape index (κ2) is 7.98. The molecule has 2 aromatic carbocycles. The van der Waals surface area contributed by atoms with Gasteiger partial charge in [0.25, 0.3) is 0 Å². The largest absolute Gasteiger partial charge is 0.419 e. The fourth-order valence-electron chi connectivity index (χ4n) is 2.23. The van der Waals surface area contributed by atoms with Gasteiger partial charge in [0.1, 0.15) is 5.82 Å². The SMILES string of the molecule is O=C(Nc1ccc(F)c(C(F)(F)F)c1)NC(CO)Cc1ccccc1. The molecule has 134 valence electrons. The van der Waals surface area contributed by atoms with E-state index in [0.717, 1.165) is 11.6 Å². The molecule has 0 saturated heterocycles. The molecule has 0 saturated carbocycles. The zero-order valence-corrected chi connectivity index (χ0v) is 13.0. The predicted octanol–water partition coefficient (Wildman–Crippen LogP) is 3.57. The van der Waals surface area contributed by atoms with E-state index in [1.807, 2.05) is 18.2 Å². The molecule has 0 bridgehead atoms. The number of anilines is 1. The Kier molecular flexibility index (Phi) is 5.97. The van der Waals surface area contributed by atoms with Crippen molar-refractivity contribution >= 4 is 11.7 Å². The summed E-state index contributed by atoms with van der Waals surface area (Å²) < 4.78 is 51.2. The molecule has 0 spiro atoms. The zero-order chi connectivity index (χ0) is 18.4. The molecule has 1 unspecified atom stereocenters. The Bertz CT molecular complexity index is 720. The highest BCUT2D eigenvalue weighted by atomic mass is 19.4. The van der Waals surface area contributed by atoms with E-state index in [4.69, 9.17) is 0 Å². The maximum atomic E-state index is 13.2. The molecule has 2 amide bonds. The van der Waals surface area contributed by atoms with Crippen LogP contribution in [-0.4, -0.2) is 23.8 Å². The van der Waals surface area contributed by atoms with Gasteiger partial charge in [0.05, 0.1) is 18.2 Å². The molecule has 0 heterocycles. The van der Waals surface area contributed by atoms with Gasteiger partial charge in [-0.05, 0) is 30.2 Å². The van der Waals surface area contributed by atoms with E-state index in [1.165, 1.54) is 0 Å². The second-order valence-electron chi connectivity index (χ2n) is 5.36. The Morgan fingerprint density at radius 1 is 1.12 bits per heavy atom. The molecule has 25 heavy (non-hydrogen) atoms. The molecular weight excluding hydrogens is 340 g/mol. The minimum atomic E-state index is -4.86. The molecule has 0 aromatic heterocycles. The van der Waals surface area contributed by atoms with Gasteiger partial charge in [0, 0.05) is 5.69 Å². The highest BCUT2D eigenvalue weighted by molar-refractivity contribution is 5.89. The molecule has 4 nitrogen and oxygen atoms in total. The van der Waals surface area contributed by atoms with Gasteiger partial charge in [-0.25, -0.2) is 9.18 Å². The lowest BCUT2D eigenvalue weighted by Crippen LogP contribution is -2.41. The predicted molar refractivity (Wildman–Crippen MR) is 84.6 cm³/mol. The zero-order valence-electron chi connectivity index (χ0n) is 13.0. The molecule has 0 aliphatic rings. The van der Waals surface area contributed by atoms with Crippen LogP contribution in [0.25, 0.3) is 0 Å². The van der Waals surface area contributed by atoms with Gasteiger partial charge in [-0.3, -0.25) is 0 Å². The summed E-state index contributed by atoms with van der Waals surface area (Å²) >= 11 is 0. The molecule has 0 fully saturated rings. The number of aliphatic hydroxyl groups is 1. The third-order valence-corrected chi connectivity index (χ3v) is 3.41. The summed E-state index contributed by atoms with van der Waals surface area (Å²) in [5.41, 5.74) is -0.793. The molecule has 8 heteroatoms. The highest BCUT2D eigenvalue weighted by Gasteiger charge is 2.34. The van der Waals surface area contributed by atoms with Gasteiger partial charge in [-0.2, -0.15) is 13.2 Å².